The summed E-state index contributed by atoms with van der Waals surface area (Å²) in [6.45, 7) is 5.29. The van der Waals surface area contributed by atoms with Crippen LogP contribution in [-0.4, -0.2) is 13.7 Å². The van der Waals surface area contributed by atoms with Crippen LogP contribution in [0, 0.1) is 0 Å². The van der Waals surface area contributed by atoms with E-state index in [1.54, 1.807) is 0 Å². The maximum atomic E-state index is 5.86. The van der Waals surface area contributed by atoms with Crippen molar-refractivity contribution in [1.29, 1.82) is 0 Å². The molecule has 0 aliphatic rings. The smallest absolute Gasteiger partial charge is 0.119 e. The van der Waals surface area contributed by atoms with Crippen molar-refractivity contribution in [2.45, 2.75) is 64.8 Å². The van der Waals surface area contributed by atoms with Crippen molar-refractivity contribution in [3.8, 4) is 5.75 Å². The molecule has 0 saturated carbocycles. The van der Waals surface area contributed by atoms with Gasteiger partial charge in [0.1, 0.15) is 5.75 Å². The monoisotopic (exact) mass is 277 g/mol. The highest BCUT2D eigenvalue weighted by Crippen LogP contribution is 2.21. The van der Waals surface area contributed by atoms with Gasteiger partial charge in [-0.1, -0.05) is 58.1 Å². The van der Waals surface area contributed by atoms with Gasteiger partial charge in [-0.25, -0.2) is 0 Å². The third-order valence-corrected chi connectivity index (χ3v) is 3.78. The van der Waals surface area contributed by atoms with Crippen molar-refractivity contribution in [1.82, 2.24) is 5.32 Å². The standard InChI is InChI=1S/C18H31NO/c1-4-6-7-8-9-10-14-20-17-13-11-12-16(15-17)18(5-2)19-3/h11-13,15,18-19H,4-10,14H2,1-3H3. The van der Waals surface area contributed by atoms with E-state index >= 15 is 0 Å². The van der Waals surface area contributed by atoms with Gasteiger partial charge in [0, 0.05) is 6.04 Å². The lowest BCUT2D eigenvalue weighted by molar-refractivity contribution is 0.304. The molecule has 1 unspecified atom stereocenters. The molecular weight excluding hydrogens is 246 g/mol. The predicted octanol–water partition coefficient (Wildman–Crippen LogP) is 5.10. The average Bonchev–Trinajstić information content (AvgIpc) is 2.48. The van der Waals surface area contributed by atoms with Gasteiger partial charge in [-0.2, -0.15) is 0 Å². The molecule has 0 aliphatic heterocycles. The van der Waals surface area contributed by atoms with E-state index in [1.807, 2.05) is 7.05 Å². The van der Waals surface area contributed by atoms with Gasteiger partial charge < -0.3 is 10.1 Å². The third-order valence-electron chi connectivity index (χ3n) is 3.78. The number of unbranched alkanes of at least 4 members (excludes halogenated alkanes) is 5. The summed E-state index contributed by atoms with van der Waals surface area (Å²) in [7, 11) is 2.01. The first kappa shape index (κ1) is 17.0. The fourth-order valence-electron chi connectivity index (χ4n) is 2.50. The van der Waals surface area contributed by atoms with Crippen molar-refractivity contribution in [3.63, 3.8) is 0 Å². The molecule has 0 heterocycles. The Morgan fingerprint density at radius 2 is 1.80 bits per heavy atom. The molecule has 20 heavy (non-hydrogen) atoms. The summed E-state index contributed by atoms with van der Waals surface area (Å²) in [6, 6.07) is 8.91. The number of benzene rings is 1. The molecule has 2 nitrogen and oxygen atoms in total. The second-order valence-corrected chi connectivity index (χ2v) is 5.44. The Morgan fingerprint density at radius 3 is 2.50 bits per heavy atom. The van der Waals surface area contributed by atoms with Gasteiger partial charge in [0.2, 0.25) is 0 Å². The lowest BCUT2D eigenvalue weighted by Gasteiger charge is -2.15. The molecule has 0 aliphatic carbocycles. The molecular formula is C18H31NO. The first-order valence-electron chi connectivity index (χ1n) is 8.21. The average molecular weight is 277 g/mol. The van der Waals surface area contributed by atoms with Gasteiger partial charge in [-0.15, -0.1) is 0 Å². The number of nitrogens with one attached hydrogen (secondary N) is 1. The second kappa shape index (κ2) is 10.7. The van der Waals surface area contributed by atoms with E-state index in [0.717, 1.165) is 25.2 Å². The number of hydrogen-bond donors (Lipinski definition) is 1. The zero-order valence-corrected chi connectivity index (χ0v) is 13.5. The van der Waals surface area contributed by atoms with Crippen LogP contribution in [0.1, 0.15) is 70.4 Å². The molecule has 0 fully saturated rings. The maximum absolute atomic E-state index is 5.86. The first-order valence-corrected chi connectivity index (χ1v) is 8.21. The molecule has 1 rings (SSSR count). The van der Waals surface area contributed by atoms with Crippen molar-refractivity contribution in [2.24, 2.45) is 0 Å². The van der Waals surface area contributed by atoms with E-state index in [1.165, 1.54) is 37.7 Å². The van der Waals surface area contributed by atoms with Crippen molar-refractivity contribution >= 4 is 0 Å². The molecule has 114 valence electrons. The van der Waals surface area contributed by atoms with E-state index in [4.69, 9.17) is 4.74 Å². The SMILES string of the molecule is CCCCCCCCOc1cccc(C(CC)NC)c1. The third kappa shape index (κ3) is 6.42. The minimum atomic E-state index is 0.424. The van der Waals surface area contributed by atoms with Gasteiger partial charge in [-0.05, 0) is 37.6 Å². The van der Waals surface area contributed by atoms with Crippen LogP contribution in [0.25, 0.3) is 0 Å². The summed E-state index contributed by atoms with van der Waals surface area (Å²) in [4.78, 5) is 0. The number of hydrogen-bond acceptors (Lipinski definition) is 2. The van der Waals surface area contributed by atoms with E-state index < -0.39 is 0 Å². The number of rotatable bonds is 11. The Bertz CT molecular complexity index is 347. The van der Waals surface area contributed by atoms with Gasteiger partial charge in [0.25, 0.3) is 0 Å². The van der Waals surface area contributed by atoms with Crippen LogP contribution >= 0.6 is 0 Å². The van der Waals surface area contributed by atoms with Crippen LogP contribution in [-0.2, 0) is 0 Å². The van der Waals surface area contributed by atoms with Crippen LogP contribution in [0.3, 0.4) is 0 Å². The molecule has 0 spiro atoms. The summed E-state index contributed by atoms with van der Waals surface area (Å²) in [6.07, 6.45) is 8.93. The maximum Gasteiger partial charge on any atom is 0.119 e. The highest BCUT2D eigenvalue weighted by Gasteiger charge is 2.06. The van der Waals surface area contributed by atoms with E-state index in [-0.39, 0.29) is 0 Å². The summed E-state index contributed by atoms with van der Waals surface area (Å²) < 4.78 is 5.86. The Hall–Kier alpha value is -1.02. The van der Waals surface area contributed by atoms with Crippen LogP contribution in [0.5, 0.6) is 5.75 Å². The summed E-state index contributed by atoms with van der Waals surface area (Å²) in [5.74, 6) is 1.00. The minimum absolute atomic E-state index is 0.424. The topological polar surface area (TPSA) is 21.3 Å². The molecule has 0 amide bonds. The molecule has 0 saturated heterocycles. The quantitative estimate of drug-likeness (QED) is 0.568. The Balaban J connectivity index is 2.28. The van der Waals surface area contributed by atoms with E-state index in [9.17, 15) is 0 Å². The largest absolute Gasteiger partial charge is 0.494 e. The first-order chi connectivity index (χ1) is 9.81. The zero-order chi connectivity index (χ0) is 14.6. The van der Waals surface area contributed by atoms with Crippen molar-refractivity contribution in [3.05, 3.63) is 29.8 Å². The van der Waals surface area contributed by atoms with Crippen LogP contribution in [0.4, 0.5) is 0 Å². The van der Waals surface area contributed by atoms with Crippen LogP contribution < -0.4 is 10.1 Å². The van der Waals surface area contributed by atoms with Crippen molar-refractivity contribution < 1.29 is 4.74 Å². The number of ether oxygens (including phenoxy) is 1. The summed E-state index contributed by atoms with van der Waals surface area (Å²) in [5.41, 5.74) is 1.32. The molecule has 1 aromatic rings. The second-order valence-electron chi connectivity index (χ2n) is 5.44. The lowest BCUT2D eigenvalue weighted by Crippen LogP contribution is -2.15. The highest BCUT2D eigenvalue weighted by atomic mass is 16.5. The lowest BCUT2D eigenvalue weighted by atomic mass is 10.0. The summed E-state index contributed by atoms with van der Waals surface area (Å²) >= 11 is 0. The Labute approximate surface area is 124 Å². The molecule has 1 aromatic carbocycles. The van der Waals surface area contributed by atoms with E-state index in [0.29, 0.717) is 6.04 Å². The van der Waals surface area contributed by atoms with Gasteiger partial charge in [0.15, 0.2) is 0 Å². The fraction of sp³-hybridized carbons (Fsp3) is 0.667. The fourth-order valence-corrected chi connectivity index (χ4v) is 2.50. The normalized spacial score (nSPS) is 12.3. The van der Waals surface area contributed by atoms with Crippen LogP contribution in [0.2, 0.25) is 0 Å². The van der Waals surface area contributed by atoms with Gasteiger partial charge in [-0.3, -0.25) is 0 Å². The molecule has 2 heteroatoms. The summed E-state index contributed by atoms with van der Waals surface area (Å²) in [5, 5.41) is 3.34. The highest BCUT2D eigenvalue weighted by molar-refractivity contribution is 5.30. The minimum Gasteiger partial charge on any atom is -0.494 e. The van der Waals surface area contributed by atoms with Crippen molar-refractivity contribution in [2.75, 3.05) is 13.7 Å². The van der Waals surface area contributed by atoms with Gasteiger partial charge >= 0.3 is 0 Å². The molecule has 0 radical (unpaired) electrons. The Morgan fingerprint density at radius 1 is 1.05 bits per heavy atom. The molecule has 0 bridgehead atoms. The Kier molecular flexibility index (Phi) is 9.14. The molecule has 1 atom stereocenters. The van der Waals surface area contributed by atoms with Gasteiger partial charge in [0.05, 0.1) is 6.61 Å². The van der Waals surface area contributed by atoms with Crippen LogP contribution in [0.15, 0.2) is 24.3 Å². The predicted molar refractivity (Wildman–Crippen MR) is 87.4 cm³/mol. The molecule has 0 aromatic heterocycles. The van der Waals surface area contributed by atoms with E-state index in [2.05, 4.69) is 43.4 Å². The molecule has 1 N–H and O–H groups in total. The zero-order valence-electron chi connectivity index (χ0n) is 13.5.